The van der Waals surface area contributed by atoms with Crippen LogP contribution in [0.4, 0.5) is 11.5 Å². The molecule has 0 aliphatic carbocycles. The van der Waals surface area contributed by atoms with E-state index in [4.69, 9.17) is 0 Å². The van der Waals surface area contributed by atoms with E-state index < -0.39 is 5.97 Å². The van der Waals surface area contributed by atoms with Gasteiger partial charge in [0.1, 0.15) is 5.82 Å². The van der Waals surface area contributed by atoms with Crippen molar-refractivity contribution in [2.75, 3.05) is 5.32 Å². The summed E-state index contributed by atoms with van der Waals surface area (Å²) in [5, 5.41) is 13.0. The lowest BCUT2D eigenvalue weighted by Gasteiger charge is -2.09. The number of aromatic carboxylic acids is 1. The predicted octanol–water partition coefficient (Wildman–Crippen LogP) is 3.07. The number of nitrogens with zero attached hydrogens (tertiary/aromatic N) is 2. The van der Waals surface area contributed by atoms with Gasteiger partial charge in [-0.05, 0) is 30.3 Å². The van der Waals surface area contributed by atoms with Crippen molar-refractivity contribution < 1.29 is 9.90 Å². The topological polar surface area (TPSA) is 75.1 Å². The van der Waals surface area contributed by atoms with Gasteiger partial charge >= 0.3 is 5.97 Å². The number of carboxylic acids is 1. The maximum atomic E-state index is 11.2. The fourth-order valence-corrected chi connectivity index (χ4v) is 1.99. The molecule has 0 saturated carbocycles. The molecule has 3 aromatic rings. The lowest BCUT2D eigenvalue weighted by molar-refractivity contribution is 0.0697. The van der Waals surface area contributed by atoms with E-state index in [0.717, 1.165) is 5.39 Å². The van der Waals surface area contributed by atoms with Crippen LogP contribution in [0, 0.1) is 0 Å². The number of rotatable bonds is 3. The molecule has 20 heavy (non-hydrogen) atoms. The summed E-state index contributed by atoms with van der Waals surface area (Å²) in [6, 6.07) is 12.3. The van der Waals surface area contributed by atoms with Crippen molar-refractivity contribution in [1.82, 2.24) is 9.97 Å². The zero-order chi connectivity index (χ0) is 13.9. The first-order chi connectivity index (χ1) is 9.74. The van der Waals surface area contributed by atoms with E-state index in [1.807, 2.05) is 24.3 Å². The van der Waals surface area contributed by atoms with Crippen LogP contribution >= 0.6 is 0 Å². The summed E-state index contributed by atoms with van der Waals surface area (Å²) in [6.45, 7) is 0. The molecule has 0 atom stereocenters. The molecule has 0 spiro atoms. The molecule has 0 aliphatic rings. The second kappa shape index (κ2) is 4.97. The van der Waals surface area contributed by atoms with E-state index in [-0.39, 0.29) is 5.56 Å². The van der Waals surface area contributed by atoms with Crippen molar-refractivity contribution in [3.05, 3.63) is 60.4 Å². The molecule has 0 radical (unpaired) electrons. The second-order valence-corrected chi connectivity index (χ2v) is 4.24. The number of pyridine rings is 2. The molecule has 2 N–H and O–H groups in total. The van der Waals surface area contributed by atoms with Crippen LogP contribution in [0.15, 0.2) is 54.9 Å². The van der Waals surface area contributed by atoms with Gasteiger partial charge in [0, 0.05) is 17.8 Å². The Bertz CT molecular complexity index is 772. The molecule has 2 heterocycles. The molecule has 2 aromatic heterocycles. The van der Waals surface area contributed by atoms with Crippen molar-refractivity contribution >= 4 is 28.4 Å². The molecule has 0 bridgehead atoms. The second-order valence-electron chi connectivity index (χ2n) is 4.24. The number of fused-ring (bicyclic) bond motifs is 1. The van der Waals surface area contributed by atoms with Crippen LogP contribution in [0.5, 0.6) is 0 Å². The number of carboxylic acid groups (broad SMARTS) is 1. The molecule has 3 rings (SSSR count). The first kappa shape index (κ1) is 12.1. The van der Waals surface area contributed by atoms with Crippen molar-refractivity contribution in [3.8, 4) is 0 Å². The minimum atomic E-state index is -0.972. The summed E-state index contributed by atoms with van der Waals surface area (Å²) in [6.07, 6.45) is 3.34. The van der Waals surface area contributed by atoms with Crippen molar-refractivity contribution in [2.45, 2.75) is 0 Å². The Balaban J connectivity index is 2.15. The highest BCUT2D eigenvalue weighted by Crippen LogP contribution is 2.26. The van der Waals surface area contributed by atoms with Gasteiger partial charge in [-0.3, -0.25) is 4.98 Å². The Morgan fingerprint density at radius 2 is 1.90 bits per heavy atom. The van der Waals surface area contributed by atoms with E-state index in [2.05, 4.69) is 15.3 Å². The van der Waals surface area contributed by atoms with E-state index in [1.54, 1.807) is 30.6 Å². The average molecular weight is 265 g/mol. The summed E-state index contributed by atoms with van der Waals surface area (Å²) in [5.74, 6) is -0.332. The smallest absolute Gasteiger partial charge is 0.335 e. The van der Waals surface area contributed by atoms with Crippen LogP contribution in [-0.4, -0.2) is 21.0 Å². The molecule has 0 saturated heterocycles. The number of carbonyl (C=O) groups is 1. The predicted molar refractivity (Wildman–Crippen MR) is 76.2 cm³/mol. The van der Waals surface area contributed by atoms with Gasteiger partial charge < -0.3 is 10.4 Å². The van der Waals surface area contributed by atoms with Crippen LogP contribution in [-0.2, 0) is 0 Å². The lowest BCUT2D eigenvalue weighted by atomic mass is 10.1. The summed E-state index contributed by atoms with van der Waals surface area (Å²) >= 11 is 0. The van der Waals surface area contributed by atoms with Crippen molar-refractivity contribution in [3.63, 3.8) is 0 Å². The van der Waals surface area contributed by atoms with Crippen molar-refractivity contribution in [2.24, 2.45) is 0 Å². The zero-order valence-electron chi connectivity index (χ0n) is 10.4. The molecule has 0 unspecified atom stereocenters. The van der Waals surface area contributed by atoms with Crippen LogP contribution < -0.4 is 5.32 Å². The molecule has 1 aromatic carbocycles. The van der Waals surface area contributed by atoms with Crippen LogP contribution in [0.25, 0.3) is 10.9 Å². The molecular weight excluding hydrogens is 254 g/mol. The fourth-order valence-electron chi connectivity index (χ4n) is 1.99. The zero-order valence-corrected chi connectivity index (χ0v) is 10.4. The Hall–Kier alpha value is -2.95. The number of anilines is 2. The highest BCUT2D eigenvalue weighted by molar-refractivity contribution is 5.99. The lowest BCUT2D eigenvalue weighted by Crippen LogP contribution is -2.00. The first-order valence-corrected chi connectivity index (χ1v) is 6.04. The summed E-state index contributed by atoms with van der Waals surface area (Å²) < 4.78 is 0. The third kappa shape index (κ3) is 2.29. The van der Waals surface area contributed by atoms with Gasteiger partial charge in [0.2, 0.25) is 0 Å². The largest absolute Gasteiger partial charge is 0.478 e. The standard InChI is InChI=1S/C15H11N3O2/c19-15(20)11-8-10-4-3-7-17-14(10)12(9-11)18-13-5-1-2-6-16-13/h1-9H,(H,16,18)(H,19,20). The average Bonchev–Trinajstić information content (AvgIpc) is 2.48. The third-order valence-corrected chi connectivity index (χ3v) is 2.88. The normalized spacial score (nSPS) is 10.4. The van der Waals surface area contributed by atoms with Crippen LogP contribution in [0.3, 0.4) is 0 Å². The van der Waals surface area contributed by atoms with Gasteiger partial charge in [-0.25, -0.2) is 9.78 Å². The fraction of sp³-hybridized carbons (Fsp3) is 0. The molecule has 0 aliphatic heterocycles. The number of aromatic nitrogens is 2. The third-order valence-electron chi connectivity index (χ3n) is 2.88. The quantitative estimate of drug-likeness (QED) is 0.761. The van der Waals surface area contributed by atoms with Gasteiger partial charge in [0.25, 0.3) is 0 Å². The highest BCUT2D eigenvalue weighted by Gasteiger charge is 2.10. The Morgan fingerprint density at radius 3 is 2.65 bits per heavy atom. The number of hydrogen-bond acceptors (Lipinski definition) is 4. The monoisotopic (exact) mass is 265 g/mol. The number of benzene rings is 1. The van der Waals surface area contributed by atoms with E-state index in [1.165, 1.54) is 0 Å². The Morgan fingerprint density at radius 1 is 1.05 bits per heavy atom. The van der Waals surface area contributed by atoms with E-state index in [0.29, 0.717) is 17.0 Å². The molecule has 0 amide bonds. The molecule has 0 fully saturated rings. The highest BCUT2D eigenvalue weighted by atomic mass is 16.4. The molecular formula is C15H11N3O2. The van der Waals surface area contributed by atoms with Gasteiger partial charge in [-0.2, -0.15) is 0 Å². The van der Waals surface area contributed by atoms with Crippen molar-refractivity contribution in [1.29, 1.82) is 0 Å². The Kier molecular flexibility index (Phi) is 3.01. The molecule has 5 nitrogen and oxygen atoms in total. The van der Waals surface area contributed by atoms with E-state index >= 15 is 0 Å². The Labute approximate surface area is 114 Å². The SMILES string of the molecule is O=C(O)c1cc(Nc2ccccn2)c2ncccc2c1. The summed E-state index contributed by atoms with van der Waals surface area (Å²) in [7, 11) is 0. The van der Waals surface area contributed by atoms with Gasteiger partial charge in [-0.15, -0.1) is 0 Å². The van der Waals surface area contributed by atoms with Crippen LogP contribution in [0.2, 0.25) is 0 Å². The van der Waals surface area contributed by atoms with Gasteiger partial charge in [0.05, 0.1) is 16.8 Å². The van der Waals surface area contributed by atoms with Gasteiger partial charge in [-0.1, -0.05) is 12.1 Å². The minimum absolute atomic E-state index is 0.212. The number of hydrogen-bond donors (Lipinski definition) is 2. The molecule has 5 heteroatoms. The van der Waals surface area contributed by atoms with E-state index in [9.17, 15) is 9.90 Å². The van der Waals surface area contributed by atoms with Gasteiger partial charge in [0.15, 0.2) is 0 Å². The van der Waals surface area contributed by atoms with Crippen LogP contribution in [0.1, 0.15) is 10.4 Å². The first-order valence-electron chi connectivity index (χ1n) is 6.04. The summed E-state index contributed by atoms with van der Waals surface area (Å²) in [4.78, 5) is 19.6. The minimum Gasteiger partial charge on any atom is -0.478 e. The number of nitrogens with one attached hydrogen (secondary N) is 1. The summed E-state index contributed by atoms with van der Waals surface area (Å²) in [5.41, 5.74) is 1.55. The maximum absolute atomic E-state index is 11.2. The maximum Gasteiger partial charge on any atom is 0.335 e. The molecule has 98 valence electrons.